The largest absolute Gasteiger partial charge is 0.481 e. The van der Waals surface area contributed by atoms with Crippen LogP contribution in [0.3, 0.4) is 0 Å². The minimum atomic E-state index is -0.794. The quantitative estimate of drug-likeness (QED) is 0.693. The third-order valence-corrected chi connectivity index (χ3v) is 3.63. The molecule has 0 amide bonds. The van der Waals surface area contributed by atoms with Gasteiger partial charge in [-0.15, -0.1) is 0 Å². The standard InChI is InChI=1S/C10H17NO4/c11-7-9(8(12)13)1-3-10(4-2-9)14-5-6-15-10/h1-7,11H2,(H,12,13). The second-order valence-electron chi connectivity index (χ2n) is 4.40. The highest BCUT2D eigenvalue weighted by molar-refractivity contribution is 5.75. The van der Waals surface area contributed by atoms with E-state index in [4.69, 9.17) is 20.3 Å². The molecule has 0 aromatic rings. The van der Waals surface area contributed by atoms with Crippen molar-refractivity contribution in [2.24, 2.45) is 11.1 Å². The third kappa shape index (κ3) is 1.75. The van der Waals surface area contributed by atoms with Crippen LogP contribution in [0.1, 0.15) is 25.7 Å². The molecule has 1 saturated carbocycles. The lowest BCUT2D eigenvalue weighted by Gasteiger charge is -2.40. The predicted molar refractivity (Wildman–Crippen MR) is 52.2 cm³/mol. The van der Waals surface area contributed by atoms with Gasteiger partial charge in [-0.05, 0) is 12.8 Å². The van der Waals surface area contributed by atoms with Crippen molar-refractivity contribution in [1.82, 2.24) is 0 Å². The first kappa shape index (κ1) is 10.9. The number of carbonyl (C=O) groups is 1. The molecule has 2 rings (SSSR count). The highest BCUT2D eigenvalue weighted by atomic mass is 16.7. The van der Waals surface area contributed by atoms with Crippen LogP contribution < -0.4 is 5.73 Å². The lowest BCUT2D eigenvalue weighted by atomic mass is 9.72. The summed E-state index contributed by atoms with van der Waals surface area (Å²) in [5.41, 5.74) is 4.80. The number of nitrogens with two attached hydrogens (primary N) is 1. The zero-order valence-electron chi connectivity index (χ0n) is 8.70. The summed E-state index contributed by atoms with van der Waals surface area (Å²) in [5, 5.41) is 9.16. The summed E-state index contributed by atoms with van der Waals surface area (Å²) in [7, 11) is 0. The van der Waals surface area contributed by atoms with Gasteiger partial charge in [0.05, 0.1) is 18.6 Å². The molecule has 1 aliphatic heterocycles. The highest BCUT2D eigenvalue weighted by Gasteiger charge is 2.49. The van der Waals surface area contributed by atoms with Crippen molar-refractivity contribution in [3.8, 4) is 0 Å². The summed E-state index contributed by atoms with van der Waals surface area (Å²) in [6.07, 6.45) is 2.35. The minimum absolute atomic E-state index is 0.193. The van der Waals surface area contributed by atoms with Gasteiger partial charge in [0.15, 0.2) is 5.79 Å². The fourth-order valence-corrected chi connectivity index (χ4v) is 2.40. The van der Waals surface area contributed by atoms with Crippen molar-refractivity contribution < 1.29 is 19.4 Å². The molecule has 0 aromatic carbocycles. The van der Waals surface area contributed by atoms with Crippen LogP contribution in [0.15, 0.2) is 0 Å². The second-order valence-corrected chi connectivity index (χ2v) is 4.40. The van der Waals surface area contributed by atoms with E-state index in [-0.39, 0.29) is 6.54 Å². The summed E-state index contributed by atoms with van der Waals surface area (Å²) in [6.45, 7) is 1.42. The normalized spacial score (nSPS) is 28.1. The van der Waals surface area contributed by atoms with E-state index in [0.717, 1.165) is 0 Å². The fourth-order valence-electron chi connectivity index (χ4n) is 2.40. The monoisotopic (exact) mass is 215 g/mol. The van der Waals surface area contributed by atoms with E-state index < -0.39 is 17.2 Å². The minimum Gasteiger partial charge on any atom is -0.481 e. The summed E-state index contributed by atoms with van der Waals surface area (Å²) in [5.74, 6) is -1.30. The molecular weight excluding hydrogens is 198 g/mol. The Morgan fingerprint density at radius 3 is 2.13 bits per heavy atom. The average molecular weight is 215 g/mol. The van der Waals surface area contributed by atoms with Crippen LogP contribution >= 0.6 is 0 Å². The van der Waals surface area contributed by atoms with Crippen LogP contribution in [-0.4, -0.2) is 36.6 Å². The van der Waals surface area contributed by atoms with Crippen molar-refractivity contribution in [1.29, 1.82) is 0 Å². The Morgan fingerprint density at radius 2 is 1.73 bits per heavy atom. The van der Waals surface area contributed by atoms with Crippen molar-refractivity contribution in [2.75, 3.05) is 19.8 Å². The van der Waals surface area contributed by atoms with Crippen molar-refractivity contribution in [2.45, 2.75) is 31.5 Å². The number of aliphatic carboxylic acids is 1. The fraction of sp³-hybridized carbons (Fsp3) is 0.900. The third-order valence-electron chi connectivity index (χ3n) is 3.63. The van der Waals surface area contributed by atoms with E-state index in [1.165, 1.54) is 0 Å². The van der Waals surface area contributed by atoms with Gasteiger partial charge < -0.3 is 20.3 Å². The van der Waals surface area contributed by atoms with E-state index in [9.17, 15) is 4.79 Å². The molecule has 2 aliphatic rings. The second kappa shape index (κ2) is 3.73. The smallest absolute Gasteiger partial charge is 0.310 e. The van der Waals surface area contributed by atoms with Crippen LogP contribution in [0, 0.1) is 5.41 Å². The van der Waals surface area contributed by atoms with Gasteiger partial charge in [-0.25, -0.2) is 0 Å². The number of rotatable bonds is 2. The molecule has 1 aliphatic carbocycles. The van der Waals surface area contributed by atoms with E-state index in [1.54, 1.807) is 0 Å². The molecule has 0 aromatic heterocycles. The van der Waals surface area contributed by atoms with Gasteiger partial charge in [0.2, 0.25) is 0 Å². The molecule has 2 fully saturated rings. The Hall–Kier alpha value is -0.650. The van der Waals surface area contributed by atoms with Crippen LogP contribution in [0.5, 0.6) is 0 Å². The molecule has 3 N–H and O–H groups in total. The van der Waals surface area contributed by atoms with Crippen LogP contribution in [0.2, 0.25) is 0 Å². The van der Waals surface area contributed by atoms with E-state index in [0.29, 0.717) is 38.9 Å². The molecule has 1 spiro atoms. The zero-order valence-corrected chi connectivity index (χ0v) is 8.70. The molecule has 1 saturated heterocycles. The first-order valence-electron chi connectivity index (χ1n) is 5.34. The maximum atomic E-state index is 11.1. The van der Waals surface area contributed by atoms with Gasteiger partial charge in [0.1, 0.15) is 0 Å². The Morgan fingerprint density at radius 1 is 1.20 bits per heavy atom. The molecule has 5 nitrogen and oxygen atoms in total. The molecule has 0 atom stereocenters. The van der Waals surface area contributed by atoms with Gasteiger partial charge in [-0.1, -0.05) is 0 Å². The summed E-state index contributed by atoms with van der Waals surface area (Å²) >= 11 is 0. The Bertz CT molecular complexity index is 250. The summed E-state index contributed by atoms with van der Waals surface area (Å²) in [4.78, 5) is 11.1. The lowest BCUT2D eigenvalue weighted by Crippen LogP contribution is -2.47. The molecule has 15 heavy (non-hydrogen) atoms. The zero-order chi connectivity index (χ0) is 10.9. The number of carboxylic acid groups (broad SMARTS) is 1. The van der Waals surface area contributed by atoms with Crippen LogP contribution in [-0.2, 0) is 14.3 Å². The number of carboxylic acids is 1. The van der Waals surface area contributed by atoms with Crippen molar-refractivity contribution >= 4 is 5.97 Å². The van der Waals surface area contributed by atoms with Gasteiger partial charge in [0, 0.05) is 19.4 Å². The lowest BCUT2D eigenvalue weighted by molar-refractivity contribution is -0.196. The van der Waals surface area contributed by atoms with Crippen LogP contribution in [0.25, 0.3) is 0 Å². The van der Waals surface area contributed by atoms with Gasteiger partial charge >= 0.3 is 5.97 Å². The van der Waals surface area contributed by atoms with E-state index in [2.05, 4.69) is 0 Å². The molecule has 1 heterocycles. The molecule has 86 valence electrons. The maximum absolute atomic E-state index is 11.1. The van der Waals surface area contributed by atoms with Crippen molar-refractivity contribution in [3.05, 3.63) is 0 Å². The first-order valence-corrected chi connectivity index (χ1v) is 5.34. The SMILES string of the molecule is NCC1(C(=O)O)CCC2(CC1)OCCO2. The maximum Gasteiger partial charge on any atom is 0.310 e. The summed E-state index contributed by atoms with van der Waals surface area (Å²) in [6, 6.07) is 0. The molecule has 0 unspecified atom stereocenters. The predicted octanol–water partition coefficient (Wildman–Crippen LogP) is 0.333. The number of hydrogen-bond acceptors (Lipinski definition) is 4. The Balaban J connectivity index is 2.04. The topological polar surface area (TPSA) is 81.8 Å². The van der Waals surface area contributed by atoms with Crippen LogP contribution in [0.4, 0.5) is 0 Å². The molecule has 0 bridgehead atoms. The molecular formula is C10H17NO4. The highest BCUT2D eigenvalue weighted by Crippen LogP contribution is 2.44. The Kier molecular flexibility index (Phi) is 2.70. The van der Waals surface area contributed by atoms with E-state index >= 15 is 0 Å². The van der Waals surface area contributed by atoms with E-state index in [1.807, 2.05) is 0 Å². The number of hydrogen-bond donors (Lipinski definition) is 2. The van der Waals surface area contributed by atoms with Gasteiger partial charge in [0.25, 0.3) is 0 Å². The van der Waals surface area contributed by atoms with Gasteiger partial charge in [-0.3, -0.25) is 4.79 Å². The molecule has 0 radical (unpaired) electrons. The summed E-state index contributed by atoms with van der Waals surface area (Å²) < 4.78 is 11.1. The number of ether oxygens (including phenoxy) is 2. The van der Waals surface area contributed by atoms with Crippen molar-refractivity contribution in [3.63, 3.8) is 0 Å². The first-order chi connectivity index (χ1) is 7.13. The molecule has 5 heteroatoms. The Labute approximate surface area is 88.5 Å². The average Bonchev–Trinajstić information content (AvgIpc) is 2.68. The van der Waals surface area contributed by atoms with Gasteiger partial charge in [-0.2, -0.15) is 0 Å².